The molecule has 0 amide bonds. The minimum Gasteiger partial charge on any atom is -0.192 e. The van der Waals surface area contributed by atoms with Crippen molar-refractivity contribution in [2.75, 3.05) is 0 Å². The van der Waals surface area contributed by atoms with Gasteiger partial charge in [0.2, 0.25) is 0 Å². The fraction of sp³-hybridized carbons (Fsp3) is 0.357. The highest BCUT2D eigenvalue weighted by Gasteiger charge is 2.24. The third kappa shape index (κ3) is 2.10. The standard InChI is InChI=1S/C14H15N/c1-3-10(2)13-6-11(9-15)7-14(8-13)12-4-5-12/h3,6-8,10,12H,1,4-5H2,2H3. The molecule has 1 saturated carbocycles. The van der Waals surface area contributed by atoms with Crippen LogP contribution in [-0.4, -0.2) is 0 Å². The van der Waals surface area contributed by atoms with E-state index < -0.39 is 0 Å². The Bertz CT molecular complexity index is 421. The van der Waals surface area contributed by atoms with Crippen molar-refractivity contribution in [2.24, 2.45) is 0 Å². The van der Waals surface area contributed by atoms with Crippen LogP contribution in [0.15, 0.2) is 30.9 Å². The van der Waals surface area contributed by atoms with Gasteiger partial charge in [0, 0.05) is 0 Å². The van der Waals surface area contributed by atoms with E-state index in [-0.39, 0.29) is 0 Å². The maximum Gasteiger partial charge on any atom is 0.0991 e. The Kier molecular flexibility index (Phi) is 2.60. The van der Waals surface area contributed by atoms with Crippen LogP contribution in [0.1, 0.15) is 48.3 Å². The zero-order chi connectivity index (χ0) is 10.8. The van der Waals surface area contributed by atoms with Gasteiger partial charge in [0.05, 0.1) is 11.6 Å². The lowest BCUT2D eigenvalue weighted by Crippen LogP contribution is -1.93. The van der Waals surface area contributed by atoms with Crippen molar-refractivity contribution in [3.05, 3.63) is 47.5 Å². The summed E-state index contributed by atoms with van der Waals surface area (Å²) in [6.45, 7) is 5.91. The van der Waals surface area contributed by atoms with E-state index in [2.05, 4.69) is 25.6 Å². The molecule has 1 aromatic carbocycles. The first kappa shape index (κ1) is 9.98. The molecule has 1 aliphatic carbocycles. The van der Waals surface area contributed by atoms with Gasteiger partial charge in [0.25, 0.3) is 0 Å². The summed E-state index contributed by atoms with van der Waals surface area (Å²) in [5.74, 6) is 1.03. The molecule has 0 aliphatic heterocycles. The predicted molar refractivity (Wildman–Crippen MR) is 61.7 cm³/mol. The highest BCUT2D eigenvalue weighted by atomic mass is 14.3. The molecule has 0 saturated heterocycles. The smallest absolute Gasteiger partial charge is 0.0991 e. The molecular weight excluding hydrogens is 182 g/mol. The SMILES string of the molecule is C=CC(C)c1cc(C#N)cc(C2CC2)c1. The normalized spacial score (nSPS) is 16.8. The third-order valence-electron chi connectivity index (χ3n) is 3.03. The highest BCUT2D eigenvalue weighted by molar-refractivity contribution is 5.42. The second kappa shape index (κ2) is 3.90. The van der Waals surface area contributed by atoms with Gasteiger partial charge < -0.3 is 0 Å². The van der Waals surface area contributed by atoms with Crippen LogP contribution in [0.5, 0.6) is 0 Å². The van der Waals surface area contributed by atoms with Gasteiger partial charge in [0.1, 0.15) is 0 Å². The zero-order valence-corrected chi connectivity index (χ0v) is 9.03. The first-order valence-electron chi connectivity index (χ1n) is 5.42. The molecule has 76 valence electrons. The van der Waals surface area contributed by atoms with Gasteiger partial charge in [-0.05, 0) is 47.9 Å². The van der Waals surface area contributed by atoms with E-state index in [0.717, 1.165) is 5.56 Å². The Hall–Kier alpha value is -1.55. The Labute approximate surface area is 91.0 Å². The Morgan fingerprint density at radius 1 is 1.47 bits per heavy atom. The number of nitrogens with zero attached hydrogens (tertiary/aromatic N) is 1. The van der Waals surface area contributed by atoms with Gasteiger partial charge in [0.15, 0.2) is 0 Å². The summed E-state index contributed by atoms with van der Waals surface area (Å²) in [4.78, 5) is 0. The average Bonchev–Trinajstić information content (AvgIpc) is 3.11. The topological polar surface area (TPSA) is 23.8 Å². The first-order valence-corrected chi connectivity index (χ1v) is 5.42. The summed E-state index contributed by atoms with van der Waals surface area (Å²) >= 11 is 0. The number of nitriles is 1. The zero-order valence-electron chi connectivity index (χ0n) is 9.03. The maximum absolute atomic E-state index is 8.97. The summed E-state index contributed by atoms with van der Waals surface area (Å²) in [6.07, 6.45) is 4.47. The van der Waals surface area contributed by atoms with Crippen LogP contribution in [0, 0.1) is 11.3 Å². The number of benzene rings is 1. The van der Waals surface area contributed by atoms with Gasteiger partial charge in [-0.2, -0.15) is 5.26 Å². The predicted octanol–water partition coefficient (Wildman–Crippen LogP) is 3.73. The number of rotatable bonds is 3. The van der Waals surface area contributed by atoms with E-state index >= 15 is 0 Å². The van der Waals surface area contributed by atoms with Crippen molar-refractivity contribution in [1.82, 2.24) is 0 Å². The minimum atomic E-state index is 0.329. The molecular formula is C14H15N. The summed E-state index contributed by atoms with van der Waals surface area (Å²) in [6, 6.07) is 8.46. The van der Waals surface area contributed by atoms with Crippen LogP contribution in [0.25, 0.3) is 0 Å². The fourth-order valence-electron chi connectivity index (χ4n) is 1.79. The number of allylic oxidation sites excluding steroid dienone is 1. The number of hydrogen-bond donors (Lipinski definition) is 0. The van der Waals surface area contributed by atoms with E-state index in [1.165, 1.54) is 24.0 Å². The van der Waals surface area contributed by atoms with Crippen molar-refractivity contribution in [3.63, 3.8) is 0 Å². The first-order chi connectivity index (χ1) is 7.24. The minimum absolute atomic E-state index is 0.329. The van der Waals surface area contributed by atoms with Crippen molar-refractivity contribution in [1.29, 1.82) is 5.26 Å². The monoisotopic (exact) mass is 197 g/mol. The van der Waals surface area contributed by atoms with E-state index in [1.54, 1.807) is 0 Å². The summed E-state index contributed by atoms with van der Waals surface area (Å²) in [5, 5.41) is 8.97. The van der Waals surface area contributed by atoms with E-state index in [9.17, 15) is 0 Å². The Morgan fingerprint density at radius 3 is 2.73 bits per heavy atom. The fourth-order valence-corrected chi connectivity index (χ4v) is 1.79. The second-order valence-electron chi connectivity index (χ2n) is 4.30. The largest absolute Gasteiger partial charge is 0.192 e. The maximum atomic E-state index is 8.97. The second-order valence-corrected chi connectivity index (χ2v) is 4.30. The van der Waals surface area contributed by atoms with Crippen LogP contribution >= 0.6 is 0 Å². The molecule has 0 radical (unpaired) electrons. The molecule has 1 nitrogen and oxygen atoms in total. The van der Waals surface area contributed by atoms with Crippen LogP contribution in [0.3, 0.4) is 0 Å². The molecule has 2 rings (SSSR count). The molecule has 1 unspecified atom stereocenters. The number of hydrogen-bond acceptors (Lipinski definition) is 1. The lowest BCUT2D eigenvalue weighted by Gasteiger charge is -2.09. The Balaban J connectivity index is 2.41. The van der Waals surface area contributed by atoms with E-state index in [1.807, 2.05) is 18.2 Å². The van der Waals surface area contributed by atoms with E-state index in [0.29, 0.717) is 11.8 Å². The summed E-state index contributed by atoms with van der Waals surface area (Å²) < 4.78 is 0. The van der Waals surface area contributed by atoms with Gasteiger partial charge in [-0.15, -0.1) is 6.58 Å². The molecule has 0 spiro atoms. The van der Waals surface area contributed by atoms with Gasteiger partial charge in [-0.1, -0.05) is 19.1 Å². The van der Waals surface area contributed by atoms with Crippen molar-refractivity contribution < 1.29 is 0 Å². The molecule has 1 fully saturated rings. The molecule has 0 bridgehead atoms. The molecule has 1 aliphatic rings. The summed E-state index contributed by atoms with van der Waals surface area (Å²) in [5.41, 5.74) is 3.33. The van der Waals surface area contributed by atoms with Crippen LogP contribution in [-0.2, 0) is 0 Å². The quantitative estimate of drug-likeness (QED) is 0.677. The molecule has 0 aromatic heterocycles. The molecule has 0 N–H and O–H groups in total. The third-order valence-corrected chi connectivity index (χ3v) is 3.03. The van der Waals surface area contributed by atoms with Crippen molar-refractivity contribution in [2.45, 2.75) is 31.6 Å². The molecule has 1 atom stereocenters. The van der Waals surface area contributed by atoms with Gasteiger partial charge in [-0.3, -0.25) is 0 Å². The average molecular weight is 197 g/mol. The van der Waals surface area contributed by atoms with Crippen molar-refractivity contribution >= 4 is 0 Å². The lowest BCUT2D eigenvalue weighted by atomic mass is 9.95. The Morgan fingerprint density at radius 2 is 2.20 bits per heavy atom. The highest BCUT2D eigenvalue weighted by Crippen LogP contribution is 2.41. The molecule has 15 heavy (non-hydrogen) atoms. The molecule has 1 aromatic rings. The lowest BCUT2D eigenvalue weighted by molar-refractivity contribution is 0.958. The van der Waals surface area contributed by atoms with Crippen LogP contribution < -0.4 is 0 Å². The van der Waals surface area contributed by atoms with Crippen molar-refractivity contribution in [3.8, 4) is 6.07 Å². The van der Waals surface area contributed by atoms with E-state index in [4.69, 9.17) is 5.26 Å². The van der Waals surface area contributed by atoms with Gasteiger partial charge in [-0.25, -0.2) is 0 Å². The molecule has 1 heteroatoms. The van der Waals surface area contributed by atoms with Gasteiger partial charge >= 0.3 is 0 Å². The summed E-state index contributed by atoms with van der Waals surface area (Å²) in [7, 11) is 0. The van der Waals surface area contributed by atoms with Crippen LogP contribution in [0.2, 0.25) is 0 Å². The molecule has 0 heterocycles. The van der Waals surface area contributed by atoms with Crippen LogP contribution in [0.4, 0.5) is 0 Å².